The second-order valence-corrected chi connectivity index (χ2v) is 9.75. The van der Waals surface area contributed by atoms with Crippen molar-refractivity contribution in [2.24, 2.45) is 17.6 Å². The average Bonchev–Trinajstić information content (AvgIpc) is 3.39. The molecule has 0 aliphatic heterocycles. The number of hydrogen-bond donors (Lipinski definition) is 7. The highest BCUT2D eigenvalue weighted by Gasteiger charge is 2.32. The van der Waals surface area contributed by atoms with E-state index in [4.69, 9.17) is 5.73 Å². The number of benzene rings is 1. The molecule has 12 heteroatoms. The molecule has 3 amide bonds. The number of carboxylic acids is 1. The van der Waals surface area contributed by atoms with Gasteiger partial charge in [0.1, 0.15) is 23.9 Å². The number of carbonyl (C=O) groups is 4. The van der Waals surface area contributed by atoms with Crippen molar-refractivity contribution in [3.8, 4) is 5.75 Å². The van der Waals surface area contributed by atoms with Gasteiger partial charge in [0, 0.05) is 24.7 Å². The smallest absolute Gasteiger partial charge is 0.326 e. The van der Waals surface area contributed by atoms with E-state index in [2.05, 4.69) is 25.9 Å². The van der Waals surface area contributed by atoms with Gasteiger partial charge in [-0.05, 0) is 29.5 Å². The Kier molecular flexibility index (Phi) is 11.3. The van der Waals surface area contributed by atoms with Gasteiger partial charge in [0.2, 0.25) is 17.7 Å². The maximum atomic E-state index is 13.5. The lowest BCUT2D eigenvalue weighted by Gasteiger charge is -2.27. The number of imidazole rings is 1. The number of H-pyrrole nitrogens is 1. The Morgan fingerprint density at radius 3 is 2.05 bits per heavy atom. The number of rotatable bonds is 14. The maximum Gasteiger partial charge on any atom is 0.326 e. The lowest BCUT2D eigenvalue weighted by molar-refractivity contribution is -0.143. The lowest BCUT2D eigenvalue weighted by Crippen LogP contribution is -2.59. The first-order valence-corrected chi connectivity index (χ1v) is 12.6. The van der Waals surface area contributed by atoms with Gasteiger partial charge in [0.05, 0.1) is 12.4 Å². The summed E-state index contributed by atoms with van der Waals surface area (Å²) in [5.74, 6) is -3.53. The zero-order valence-corrected chi connectivity index (χ0v) is 22.1. The molecule has 0 aliphatic rings. The number of aromatic nitrogens is 2. The number of aromatic hydroxyl groups is 1. The zero-order chi connectivity index (χ0) is 28.4. The van der Waals surface area contributed by atoms with Crippen LogP contribution in [0.4, 0.5) is 0 Å². The molecule has 1 aromatic carbocycles. The van der Waals surface area contributed by atoms with Crippen LogP contribution in [-0.2, 0) is 32.0 Å². The van der Waals surface area contributed by atoms with E-state index in [0.717, 1.165) is 0 Å². The summed E-state index contributed by atoms with van der Waals surface area (Å²) < 4.78 is 0. The maximum absolute atomic E-state index is 13.5. The van der Waals surface area contributed by atoms with Gasteiger partial charge in [-0.15, -0.1) is 0 Å². The van der Waals surface area contributed by atoms with Crippen molar-refractivity contribution in [1.82, 2.24) is 25.9 Å². The third-order valence-corrected chi connectivity index (χ3v) is 6.42. The van der Waals surface area contributed by atoms with Crippen LogP contribution >= 0.6 is 0 Å². The molecule has 0 fully saturated rings. The van der Waals surface area contributed by atoms with Crippen LogP contribution in [0.5, 0.6) is 5.75 Å². The molecule has 12 nitrogen and oxygen atoms in total. The van der Waals surface area contributed by atoms with Gasteiger partial charge in [-0.25, -0.2) is 9.78 Å². The van der Waals surface area contributed by atoms with Crippen molar-refractivity contribution >= 4 is 23.7 Å². The standard InChI is InChI=1S/C26H38N6O6/c1-5-15(4)22(26(37)38)32-24(35)20(11-17-12-28-13-29-17)30-23(34)19(31-25(36)21(27)14(2)3)10-16-6-8-18(33)9-7-16/h6-9,12-15,19-22,33H,5,10-11,27H2,1-4H3,(H,28,29)(H,30,34)(H,31,36)(H,32,35)(H,37,38). The van der Waals surface area contributed by atoms with Gasteiger partial charge in [0.15, 0.2) is 0 Å². The van der Waals surface area contributed by atoms with Crippen LogP contribution in [-0.4, -0.2) is 68.0 Å². The van der Waals surface area contributed by atoms with Crippen LogP contribution in [0.25, 0.3) is 0 Å². The number of nitrogens with zero attached hydrogens (tertiary/aromatic N) is 1. The molecule has 5 unspecified atom stereocenters. The molecule has 0 saturated heterocycles. The Labute approximate surface area is 221 Å². The third kappa shape index (κ3) is 8.87. The molecule has 1 heterocycles. The Balaban J connectivity index is 2.31. The first-order valence-electron chi connectivity index (χ1n) is 12.6. The summed E-state index contributed by atoms with van der Waals surface area (Å²) in [5.41, 5.74) is 7.17. The molecular weight excluding hydrogens is 492 g/mol. The molecule has 0 saturated carbocycles. The number of amides is 3. The number of hydrogen-bond acceptors (Lipinski definition) is 7. The molecule has 5 atom stereocenters. The molecule has 208 valence electrons. The van der Waals surface area contributed by atoms with Crippen molar-refractivity contribution < 1.29 is 29.4 Å². The molecule has 8 N–H and O–H groups in total. The monoisotopic (exact) mass is 530 g/mol. The highest BCUT2D eigenvalue weighted by atomic mass is 16.4. The molecule has 1 aromatic heterocycles. The SMILES string of the molecule is CCC(C)C(NC(=O)C(Cc1cnc[nH]1)NC(=O)C(Cc1ccc(O)cc1)NC(=O)C(N)C(C)C)C(=O)O. The van der Waals surface area contributed by atoms with E-state index < -0.39 is 47.9 Å². The Morgan fingerprint density at radius 2 is 1.53 bits per heavy atom. The largest absolute Gasteiger partial charge is 0.508 e. The normalized spacial score (nSPS) is 15.1. The topological polar surface area (TPSA) is 200 Å². The minimum Gasteiger partial charge on any atom is -0.508 e. The first-order chi connectivity index (χ1) is 17.9. The molecule has 2 aromatic rings. The van der Waals surface area contributed by atoms with Gasteiger partial charge in [0.25, 0.3) is 0 Å². The van der Waals surface area contributed by atoms with Gasteiger partial charge in [-0.1, -0.05) is 46.2 Å². The molecule has 0 bridgehead atoms. The van der Waals surface area contributed by atoms with Crippen molar-refractivity contribution in [3.63, 3.8) is 0 Å². The molecule has 0 spiro atoms. The van der Waals surface area contributed by atoms with E-state index in [1.54, 1.807) is 32.9 Å². The fraction of sp³-hybridized carbons (Fsp3) is 0.500. The summed E-state index contributed by atoms with van der Waals surface area (Å²) in [4.78, 5) is 58.0. The van der Waals surface area contributed by atoms with E-state index >= 15 is 0 Å². The van der Waals surface area contributed by atoms with E-state index in [-0.39, 0.29) is 30.4 Å². The second-order valence-electron chi connectivity index (χ2n) is 9.75. The first kappa shape index (κ1) is 30.3. The van der Waals surface area contributed by atoms with E-state index in [1.165, 1.54) is 24.7 Å². The third-order valence-electron chi connectivity index (χ3n) is 6.42. The van der Waals surface area contributed by atoms with Crippen molar-refractivity contribution in [2.45, 2.75) is 71.1 Å². The minimum atomic E-state index is -1.18. The van der Waals surface area contributed by atoms with Gasteiger partial charge < -0.3 is 36.9 Å². The van der Waals surface area contributed by atoms with Crippen LogP contribution in [0.3, 0.4) is 0 Å². The van der Waals surface area contributed by atoms with Crippen LogP contribution < -0.4 is 21.7 Å². The van der Waals surface area contributed by atoms with E-state index in [1.807, 2.05) is 6.92 Å². The van der Waals surface area contributed by atoms with Crippen molar-refractivity contribution in [1.29, 1.82) is 0 Å². The summed E-state index contributed by atoms with van der Waals surface area (Å²) in [5, 5.41) is 27.1. The number of phenolic OH excluding ortho intramolecular Hbond substituents is 1. The highest BCUT2D eigenvalue weighted by molar-refractivity contribution is 5.94. The molecule has 38 heavy (non-hydrogen) atoms. The quantitative estimate of drug-likeness (QED) is 0.183. The van der Waals surface area contributed by atoms with Crippen molar-refractivity contribution in [2.75, 3.05) is 0 Å². The second kappa shape index (κ2) is 14.1. The van der Waals surface area contributed by atoms with Gasteiger partial charge in [-0.3, -0.25) is 14.4 Å². The predicted molar refractivity (Wildman–Crippen MR) is 140 cm³/mol. The van der Waals surface area contributed by atoms with Gasteiger partial charge in [-0.2, -0.15) is 0 Å². The van der Waals surface area contributed by atoms with E-state index in [0.29, 0.717) is 17.7 Å². The van der Waals surface area contributed by atoms with Crippen LogP contribution in [0.2, 0.25) is 0 Å². The number of nitrogens with one attached hydrogen (secondary N) is 4. The summed E-state index contributed by atoms with van der Waals surface area (Å²) in [6.45, 7) is 7.08. The number of carboxylic acid groups (broad SMARTS) is 1. The summed E-state index contributed by atoms with van der Waals surface area (Å²) in [6, 6.07) is 1.88. The number of phenols is 1. The van der Waals surface area contributed by atoms with Crippen molar-refractivity contribution in [3.05, 3.63) is 48.0 Å². The van der Waals surface area contributed by atoms with E-state index in [9.17, 15) is 29.4 Å². The number of aliphatic carboxylic acids is 1. The number of nitrogens with two attached hydrogens (primary N) is 1. The fourth-order valence-electron chi connectivity index (χ4n) is 3.68. The molecule has 2 rings (SSSR count). The van der Waals surface area contributed by atoms with Gasteiger partial charge >= 0.3 is 5.97 Å². The van der Waals surface area contributed by atoms with Crippen LogP contribution in [0.15, 0.2) is 36.8 Å². The lowest BCUT2D eigenvalue weighted by atomic mass is 9.98. The predicted octanol–water partition coefficient (Wildman–Crippen LogP) is 0.469. The summed E-state index contributed by atoms with van der Waals surface area (Å²) >= 11 is 0. The van der Waals surface area contributed by atoms with Crippen LogP contribution in [0.1, 0.15) is 45.4 Å². The Hall–Kier alpha value is -3.93. The average molecular weight is 531 g/mol. The fourth-order valence-corrected chi connectivity index (χ4v) is 3.68. The number of carbonyl (C=O) groups excluding carboxylic acids is 3. The Morgan fingerprint density at radius 1 is 0.947 bits per heavy atom. The van der Waals surface area contributed by atoms with Crippen LogP contribution in [0, 0.1) is 11.8 Å². The summed E-state index contributed by atoms with van der Waals surface area (Å²) in [6.07, 6.45) is 3.51. The zero-order valence-electron chi connectivity index (χ0n) is 22.1. The number of aromatic amines is 1. The molecule has 0 aliphatic carbocycles. The summed E-state index contributed by atoms with van der Waals surface area (Å²) in [7, 11) is 0. The minimum absolute atomic E-state index is 0.00972. The molecule has 0 radical (unpaired) electrons. The highest BCUT2D eigenvalue weighted by Crippen LogP contribution is 2.13. The molecular formula is C26H38N6O6. The Bertz CT molecular complexity index is 1070.